The molecule has 2 aromatic heterocycles. The molecule has 2 heterocycles. The molecule has 5 heteroatoms. The topological polar surface area (TPSA) is 67.4 Å². The number of nitrogens with zero attached hydrogens (tertiary/aromatic N) is 3. The average Bonchev–Trinajstić information content (AvgIpc) is 2.69. The van der Waals surface area contributed by atoms with Crippen molar-refractivity contribution in [3.63, 3.8) is 0 Å². The number of carbonyl (C=O) groups excluding carboxylic acids is 1. The van der Waals surface area contributed by atoms with Gasteiger partial charge >= 0.3 is 5.97 Å². The van der Waals surface area contributed by atoms with Crippen LogP contribution in [0, 0.1) is 18.3 Å². The van der Waals surface area contributed by atoms with E-state index in [-0.39, 0.29) is 18.7 Å². The van der Waals surface area contributed by atoms with Gasteiger partial charge < -0.3 is 9.14 Å². The van der Waals surface area contributed by atoms with Crippen LogP contribution in [0.1, 0.15) is 28.7 Å². The maximum atomic E-state index is 11.8. The second-order valence-corrected chi connectivity index (χ2v) is 3.90. The van der Waals surface area contributed by atoms with E-state index in [1.165, 1.54) is 0 Å². The third-order valence-corrected chi connectivity index (χ3v) is 2.58. The molecule has 18 heavy (non-hydrogen) atoms. The van der Waals surface area contributed by atoms with Gasteiger partial charge in [-0.1, -0.05) is 6.07 Å². The zero-order chi connectivity index (χ0) is 13.1. The molecule has 0 aliphatic rings. The number of rotatable bonds is 3. The monoisotopic (exact) mass is 243 g/mol. The molecule has 0 N–H and O–H groups in total. The molecule has 0 aliphatic carbocycles. The highest BCUT2D eigenvalue weighted by Gasteiger charge is 2.19. The number of aryl methyl sites for hydroxylation is 1. The Labute approximate surface area is 105 Å². The summed E-state index contributed by atoms with van der Waals surface area (Å²) in [5.74, 6) is -0.482. The third kappa shape index (κ3) is 2.05. The molecule has 0 aliphatic heterocycles. The van der Waals surface area contributed by atoms with E-state index in [1.54, 1.807) is 11.3 Å². The van der Waals surface area contributed by atoms with Crippen molar-refractivity contribution in [2.45, 2.75) is 20.3 Å². The van der Waals surface area contributed by atoms with E-state index in [9.17, 15) is 4.79 Å². The molecule has 0 bridgehead atoms. The van der Waals surface area contributed by atoms with Crippen molar-refractivity contribution in [2.24, 2.45) is 0 Å². The number of aromatic nitrogens is 2. The third-order valence-electron chi connectivity index (χ3n) is 2.58. The van der Waals surface area contributed by atoms with Gasteiger partial charge in [0.15, 0.2) is 5.69 Å². The fraction of sp³-hybridized carbons (Fsp3) is 0.308. The number of ether oxygens (including phenoxy) is 1. The molecule has 0 radical (unpaired) electrons. The lowest BCUT2D eigenvalue weighted by Gasteiger charge is -2.01. The van der Waals surface area contributed by atoms with Crippen LogP contribution < -0.4 is 0 Å². The SMILES string of the molecule is CCOC(=O)c1nc2ccc(C)cn2c1CC#N. The van der Waals surface area contributed by atoms with Gasteiger partial charge in [-0.05, 0) is 25.5 Å². The van der Waals surface area contributed by atoms with Crippen LogP contribution >= 0.6 is 0 Å². The first-order chi connectivity index (χ1) is 8.67. The van der Waals surface area contributed by atoms with Gasteiger partial charge in [0.2, 0.25) is 0 Å². The Kier molecular flexibility index (Phi) is 3.28. The first-order valence-electron chi connectivity index (χ1n) is 5.69. The van der Waals surface area contributed by atoms with Gasteiger partial charge in [-0.25, -0.2) is 9.78 Å². The molecule has 0 amide bonds. The van der Waals surface area contributed by atoms with Crippen LogP contribution in [0.2, 0.25) is 0 Å². The first kappa shape index (κ1) is 12.1. The van der Waals surface area contributed by atoms with Crippen molar-refractivity contribution in [2.75, 3.05) is 6.61 Å². The second-order valence-electron chi connectivity index (χ2n) is 3.90. The maximum Gasteiger partial charge on any atom is 0.358 e. The summed E-state index contributed by atoms with van der Waals surface area (Å²) in [5, 5.41) is 8.86. The Morgan fingerprint density at radius 3 is 3.00 bits per heavy atom. The number of fused-ring (bicyclic) bond motifs is 1. The molecule has 0 unspecified atom stereocenters. The second kappa shape index (κ2) is 4.88. The van der Waals surface area contributed by atoms with E-state index in [2.05, 4.69) is 11.1 Å². The maximum absolute atomic E-state index is 11.8. The summed E-state index contributed by atoms with van der Waals surface area (Å²) < 4.78 is 6.72. The lowest BCUT2D eigenvalue weighted by Crippen LogP contribution is -2.08. The Balaban J connectivity index is 2.62. The normalized spacial score (nSPS) is 10.3. The zero-order valence-corrected chi connectivity index (χ0v) is 10.3. The largest absolute Gasteiger partial charge is 0.461 e. The molecule has 5 nitrogen and oxygen atoms in total. The Morgan fingerprint density at radius 1 is 1.56 bits per heavy atom. The van der Waals surface area contributed by atoms with Crippen molar-refractivity contribution in [1.82, 2.24) is 9.38 Å². The van der Waals surface area contributed by atoms with Gasteiger partial charge in [-0.15, -0.1) is 0 Å². The minimum Gasteiger partial charge on any atom is -0.461 e. The fourth-order valence-corrected chi connectivity index (χ4v) is 1.81. The van der Waals surface area contributed by atoms with Crippen molar-refractivity contribution in [3.05, 3.63) is 35.3 Å². The van der Waals surface area contributed by atoms with Crippen molar-refractivity contribution < 1.29 is 9.53 Å². The molecule has 0 aromatic carbocycles. The van der Waals surface area contributed by atoms with E-state index in [0.717, 1.165) is 5.56 Å². The Bertz CT molecular complexity index is 637. The lowest BCUT2D eigenvalue weighted by atomic mass is 10.2. The number of imidazole rings is 1. The molecule has 2 rings (SSSR count). The summed E-state index contributed by atoms with van der Waals surface area (Å²) in [7, 11) is 0. The molecule has 0 saturated heterocycles. The summed E-state index contributed by atoms with van der Waals surface area (Å²) >= 11 is 0. The van der Waals surface area contributed by atoms with Crippen LogP contribution in [-0.2, 0) is 11.2 Å². The smallest absolute Gasteiger partial charge is 0.358 e. The van der Waals surface area contributed by atoms with Gasteiger partial charge in [-0.2, -0.15) is 5.26 Å². The van der Waals surface area contributed by atoms with Crippen LogP contribution in [-0.4, -0.2) is 22.0 Å². The van der Waals surface area contributed by atoms with Crippen LogP contribution in [0.15, 0.2) is 18.3 Å². The minimum atomic E-state index is -0.482. The molecule has 2 aromatic rings. The van der Waals surface area contributed by atoms with E-state index >= 15 is 0 Å². The summed E-state index contributed by atoms with van der Waals surface area (Å²) in [6, 6.07) is 5.78. The van der Waals surface area contributed by atoms with E-state index in [4.69, 9.17) is 10.00 Å². The first-order valence-corrected chi connectivity index (χ1v) is 5.69. The standard InChI is InChI=1S/C13H13N3O2/c1-3-18-13(17)12-10(6-7-14)16-8-9(2)4-5-11(16)15-12/h4-5,8H,3,6H2,1-2H3. The molecule has 92 valence electrons. The summed E-state index contributed by atoms with van der Waals surface area (Å²) in [5.41, 5.74) is 2.49. The number of nitriles is 1. The van der Waals surface area contributed by atoms with Crippen LogP contribution in [0.5, 0.6) is 0 Å². The van der Waals surface area contributed by atoms with Crippen LogP contribution in [0.25, 0.3) is 5.65 Å². The minimum absolute atomic E-state index is 0.124. The number of pyridine rings is 1. The summed E-state index contributed by atoms with van der Waals surface area (Å²) in [6.45, 7) is 3.97. The van der Waals surface area contributed by atoms with Gasteiger partial charge in [0.05, 0.1) is 24.8 Å². The number of hydrogen-bond donors (Lipinski definition) is 0. The fourth-order valence-electron chi connectivity index (χ4n) is 1.81. The predicted molar refractivity (Wildman–Crippen MR) is 65.2 cm³/mol. The van der Waals surface area contributed by atoms with Crippen molar-refractivity contribution >= 4 is 11.6 Å². The number of carbonyl (C=O) groups is 1. The number of hydrogen-bond acceptors (Lipinski definition) is 4. The zero-order valence-electron chi connectivity index (χ0n) is 10.3. The predicted octanol–water partition coefficient (Wildman–Crippen LogP) is 1.89. The quantitative estimate of drug-likeness (QED) is 0.772. The molecular formula is C13H13N3O2. The van der Waals surface area contributed by atoms with Crippen LogP contribution in [0.3, 0.4) is 0 Å². The van der Waals surface area contributed by atoms with Gasteiger partial charge in [0, 0.05) is 6.20 Å². The van der Waals surface area contributed by atoms with E-state index in [1.807, 2.05) is 25.3 Å². The van der Waals surface area contributed by atoms with Gasteiger partial charge in [0.25, 0.3) is 0 Å². The molecule has 0 spiro atoms. The van der Waals surface area contributed by atoms with Crippen molar-refractivity contribution in [3.8, 4) is 6.07 Å². The van der Waals surface area contributed by atoms with Gasteiger partial charge in [-0.3, -0.25) is 0 Å². The summed E-state index contributed by atoms with van der Waals surface area (Å²) in [6.07, 6.45) is 1.98. The number of esters is 1. The van der Waals surface area contributed by atoms with Crippen LogP contribution in [0.4, 0.5) is 0 Å². The lowest BCUT2D eigenvalue weighted by molar-refractivity contribution is 0.0519. The Morgan fingerprint density at radius 2 is 2.33 bits per heavy atom. The van der Waals surface area contributed by atoms with E-state index in [0.29, 0.717) is 11.3 Å². The highest BCUT2D eigenvalue weighted by Crippen LogP contribution is 2.15. The highest BCUT2D eigenvalue weighted by molar-refractivity contribution is 5.89. The average molecular weight is 243 g/mol. The molecule has 0 fully saturated rings. The molecule has 0 saturated carbocycles. The highest BCUT2D eigenvalue weighted by atomic mass is 16.5. The van der Waals surface area contributed by atoms with Gasteiger partial charge in [0.1, 0.15) is 5.65 Å². The van der Waals surface area contributed by atoms with E-state index < -0.39 is 5.97 Å². The Hall–Kier alpha value is -2.35. The molecular weight excluding hydrogens is 230 g/mol. The molecule has 0 atom stereocenters. The van der Waals surface area contributed by atoms with Crippen molar-refractivity contribution in [1.29, 1.82) is 5.26 Å². The summed E-state index contributed by atoms with van der Waals surface area (Å²) in [4.78, 5) is 16.0.